The Bertz CT molecular complexity index is 744. The van der Waals surface area contributed by atoms with Crippen molar-refractivity contribution >= 4 is 28.7 Å². The summed E-state index contributed by atoms with van der Waals surface area (Å²) >= 11 is 1.54. The molecule has 0 bridgehead atoms. The molecule has 1 amide bonds. The monoisotopic (exact) mass is 377 g/mol. The average molecular weight is 378 g/mol. The maximum Gasteiger partial charge on any atom is 0.413 e. The Morgan fingerprint density at radius 1 is 1.46 bits per heavy atom. The van der Waals surface area contributed by atoms with Crippen molar-refractivity contribution in [3.05, 3.63) is 23.8 Å². The van der Waals surface area contributed by atoms with E-state index in [0.717, 1.165) is 36.3 Å². The summed E-state index contributed by atoms with van der Waals surface area (Å²) in [6.45, 7) is 5.66. The van der Waals surface area contributed by atoms with Gasteiger partial charge in [-0.05, 0) is 57.7 Å². The summed E-state index contributed by atoms with van der Waals surface area (Å²) < 4.78 is 5.61. The van der Waals surface area contributed by atoms with Crippen LogP contribution in [0.1, 0.15) is 45.6 Å². The van der Waals surface area contributed by atoms with Crippen LogP contribution in [0.15, 0.2) is 23.2 Å². The fraction of sp³-hybridized carbons (Fsp3) is 0.579. The van der Waals surface area contributed by atoms with Gasteiger partial charge in [0, 0.05) is 22.5 Å². The molecule has 1 heterocycles. The molecule has 1 aromatic rings. The summed E-state index contributed by atoms with van der Waals surface area (Å²) in [5.41, 5.74) is 6.67. The van der Waals surface area contributed by atoms with E-state index >= 15 is 0 Å². The molecule has 0 aromatic heterocycles. The highest BCUT2D eigenvalue weighted by molar-refractivity contribution is 8.13. The second-order valence-corrected chi connectivity index (χ2v) is 8.95. The number of ether oxygens (including phenoxy) is 1. The van der Waals surface area contributed by atoms with E-state index in [4.69, 9.17) is 15.5 Å². The Balaban J connectivity index is 2.17. The Kier molecular flexibility index (Phi) is 4.86. The van der Waals surface area contributed by atoms with Crippen LogP contribution in [0.3, 0.4) is 0 Å². The van der Waals surface area contributed by atoms with Crippen LogP contribution in [0, 0.1) is 5.92 Å². The predicted octanol–water partition coefficient (Wildman–Crippen LogP) is 4.15. The third-order valence-corrected chi connectivity index (χ3v) is 6.34. The molecule has 3 N–H and O–H groups in total. The maximum absolute atomic E-state index is 11.9. The fourth-order valence-corrected chi connectivity index (χ4v) is 5.56. The molecule has 1 fully saturated rings. The van der Waals surface area contributed by atoms with Crippen molar-refractivity contribution in [3.8, 4) is 5.75 Å². The first-order chi connectivity index (χ1) is 12.2. The van der Waals surface area contributed by atoms with Crippen LogP contribution in [0.2, 0.25) is 0 Å². The predicted molar refractivity (Wildman–Crippen MR) is 106 cm³/mol. The third-order valence-electron chi connectivity index (χ3n) is 5.24. The molecule has 26 heavy (non-hydrogen) atoms. The topological polar surface area (TPSA) is 88.2 Å². The van der Waals surface area contributed by atoms with Gasteiger partial charge in [0.15, 0.2) is 5.17 Å². The van der Waals surface area contributed by atoms with Crippen LogP contribution >= 0.6 is 11.8 Å². The van der Waals surface area contributed by atoms with Crippen molar-refractivity contribution in [3.63, 3.8) is 0 Å². The molecule has 0 unspecified atom stereocenters. The lowest BCUT2D eigenvalue weighted by molar-refractivity contribution is 0.141. The fourth-order valence-electron chi connectivity index (χ4n) is 4.06. The molecule has 3 rings (SSSR count). The van der Waals surface area contributed by atoms with Crippen LogP contribution < -0.4 is 10.5 Å². The Morgan fingerprint density at radius 2 is 2.19 bits per heavy atom. The van der Waals surface area contributed by atoms with Crippen molar-refractivity contribution < 1.29 is 14.6 Å². The Hall–Kier alpha value is -1.89. The van der Waals surface area contributed by atoms with Gasteiger partial charge in [0.25, 0.3) is 0 Å². The number of aliphatic imine (C=N–C) groups is 1. The van der Waals surface area contributed by atoms with E-state index < -0.39 is 17.2 Å². The van der Waals surface area contributed by atoms with E-state index in [0.29, 0.717) is 16.8 Å². The van der Waals surface area contributed by atoms with Crippen molar-refractivity contribution in [1.82, 2.24) is 4.90 Å². The maximum atomic E-state index is 11.9. The number of amidine groups is 1. The number of nitrogen functional groups attached to an aromatic ring is 1. The second kappa shape index (κ2) is 6.68. The highest BCUT2D eigenvalue weighted by Crippen LogP contribution is 2.54. The molecule has 7 heteroatoms. The zero-order chi connectivity index (χ0) is 19.1. The summed E-state index contributed by atoms with van der Waals surface area (Å²) in [6.07, 6.45) is 2.03. The van der Waals surface area contributed by atoms with Gasteiger partial charge in [-0.15, -0.1) is 0 Å². The normalized spacial score (nSPS) is 25.4. The Morgan fingerprint density at radius 3 is 2.81 bits per heavy atom. The zero-order valence-corrected chi connectivity index (χ0v) is 16.6. The number of carboxylic acid groups (broad SMARTS) is 1. The minimum absolute atomic E-state index is 0.350. The zero-order valence-electron chi connectivity index (χ0n) is 15.8. The highest BCUT2D eigenvalue weighted by atomic mass is 32.2. The number of amides is 1. The molecule has 6 nitrogen and oxygen atoms in total. The summed E-state index contributed by atoms with van der Waals surface area (Å²) in [5, 5.41) is 10.4. The van der Waals surface area contributed by atoms with E-state index in [9.17, 15) is 9.90 Å². The van der Waals surface area contributed by atoms with Crippen LogP contribution in [0.4, 0.5) is 10.5 Å². The van der Waals surface area contributed by atoms with Gasteiger partial charge in [0.2, 0.25) is 0 Å². The first kappa shape index (κ1) is 18.9. The largest absolute Gasteiger partial charge is 0.496 e. The number of methoxy groups -OCH3 is 1. The van der Waals surface area contributed by atoms with Crippen molar-refractivity contribution in [2.75, 3.05) is 18.6 Å². The number of hydrogen-bond donors (Lipinski definition) is 2. The third kappa shape index (κ3) is 3.13. The molecule has 0 spiro atoms. The number of nitrogens with zero attached hydrogens (tertiary/aromatic N) is 2. The van der Waals surface area contributed by atoms with Gasteiger partial charge >= 0.3 is 6.09 Å². The van der Waals surface area contributed by atoms with Crippen LogP contribution in [0.25, 0.3) is 0 Å². The molecule has 1 saturated carbocycles. The molecule has 0 saturated heterocycles. The summed E-state index contributed by atoms with van der Waals surface area (Å²) in [4.78, 5) is 18.4. The standard InChI is InChI=1S/C19H27N3O3S/c1-18(2,3)22(17(23)24)16-21-19(9-5-6-12(19)11-26-16)14-10-13(20)7-8-15(14)25-4/h7-8,10,12H,5-6,9,11,20H2,1-4H3,(H,23,24)/t12-,19-/m0/s1. The van der Waals surface area contributed by atoms with Gasteiger partial charge in [-0.1, -0.05) is 18.2 Å². The lowest BCUT2D eigenvalue weighted by Gasteiger charge is -2.42. The number of fused-ring (bicyclic) bond motifs is 1. The average Bonchev–Trinajstić information content (AvgIpc) is 2.97. The molecular weight excluding hydrogens is 350 g/mol. The van der Waals surface area contributed by atoms with Gasteiger partial charge in [0.05, 0.1) is 12.6 Å². The number of benzene rings is 1. The molecular formula is C19H27N3O3S. The van der Waals surface area contributed by atoms with Gasteiger partial charge in [0.1, 0.15) is 5.75 Å². The van der Waals surface area contributed by atoms with Crippen LogP contribution in [0.5, 0.6) is 5.75 Å². The van der Waals surface area contributed by atoms with E-state index in [1.165, 1.54) is 16.7 Å². The summed E-state index contributed by atoms with van der Waals surface area (Å²) in [7, 11) is 1.65. The number of hydrogen-bond acceptors (Lipinski definition) is 5. The van der Waals surface area contributed by atoms with E-state index in [1.807, 2.05) is 39.0 Å². The highest BCUT2D eigenvalue weighted by Gasteiger charge is 2.50. The molecule has 0 radical (unpaired) electrons. The number of anilines is 1. The van der Waals surface area contributed by atoms with Gasteiger partial charge in [-0.3, -0.25) is 9.89 Å². The smallest absolute Gasteiger partial charge is 0.413 e. The van der Waals surface area contributed by atoms with Gasteiger partial charge in [-0.25, -0.2) is 4.79 Å². The second-order valence-electron chi connectivity index (χ2n) is 7.97. The van der Waals surface area contributed by atoms with Gasteiger partial charge < -0.3 is 15.6 Å². The number of nitrogens with two attached hydrogens (primary N) is 1. The number of thioether (sulfide) groups is 1. The summed E-state index contributed by atoms with van der Waals surface area (Å²) in [6, 6.07) is 5.64. The minimum atomic E-state index is -0.977. The Labute approximate surface area is 158 Å². The van der Waals surface area contributed by atoms with E-state index in [-0.39, 0.29) is 0 Å². The molecule has 2 aliphatic rings. The minimum Gasteiger partial charge on any atom is -0.496 e. The van der Waals surface area contributed by atoms with Crippen molar-refractivity contribution in [1.29, 1.82) is 0 Å². The van der Waals surface area contributed by atoms with E-state index in [2.05, 4.69) is 0 Å². The van der Waals surface area contributed by atoms with Crippen molar-refractivity contribution in [2.24, 2.45) is 10.9 Å². The molecule has 142 valence electrons. The van der Waals surface area contributed by atoms with E-state index in [1.54, 1.807) is 7.11 Å². The first-order valence-electron chi connectivity index (χ1n) is 8.89. The molecule has 1 aliphatic heterocycles. The number of carbonyl (C=O) groups is 1. The van der Waals surface area contributed by atoms with Crippen LogP contribution in [-0.4, -0.2) is 39.7 Å². The quantitative estimate of drug-likeness (QED) is 0.756. The summed E-state index contributed by atoms with van der Waals surface area (Å²) in [5.74, 6) is 1.96. The number of rotatable bonds is 2. The first-order valence-corrected chi connectivity index (χ1v) is 9.87. The lowest BCUT2D eigenvalue weighted by atomic mass is 9.81. The SMILES string of the molecule is COc1ccc(N)cc1[C@]12CCC[C@H]1CSC(N(C(=O)O)C(C)(C)C)=N2. The van der Waals surface area contributed by atoms with Crippen LogP contribution in [-0.2, 0) is 5.54 Å². The molecule has 1 aliphatic carbocycles. The van der Waals surface area contributed by atoms with Gasteiger partial charge in [-0.2, -0.15) is 0 Å². The lowest BCUT2D eigenvalue weighted by Crippen LogP contribution is -2.50. The molecule has 2 atom stereocenters. The van der Waals surface area contributed by atoms with Crippen molar-refractivity contribution in [2.45, 2.75) is 51.1 Å². The molecule has 1 aromatic carbocycles.